The molecule has 50 heavy (non-hydrogen) atoms. The van der Waals surface area contributed by atoms with Crippen molar-refractivity contribution in [1.29, 1.82) is 5.26 Å². The van der Waals surface area contributed by atoms with Crippen molar-refractivity contribution in [1.82, 2.24) is 29.2 Å². The number of nitrogens with one attached hydrogen (secondary N) is 1. The number of pyridine rings is 1. The Hall–Kier alpha value is -4.70. The Morgan fingerprint density at radius 1 is 0.960 bits per heavy atom. The van der Waals surface area contributed by atoms with E-state index in [1.165, 1.54) is 19.3 Å². The maximum atomic E-state index is 13.6. The summed E-state index contributed by atoms with van der Waals surface area (Å²) in [5.74, 6) is 0.114. The molecule has 4 heterocycles. The minimum atomic E-state index is -0.562. The number of carbonyl (C=O) groups is 3. The molecule has 3 aliphatic rings. The zero-order valence-electron chi connectivity index (χ0n) is 29.4. The van der Waals surface area contributed by atoms with Crippen LogP contribution in [-0.2, 0) is 9.53 Å². The van der Waals surface area contributed by atoms with Gasteiger partial charge in [0, 0.05) is 56.3 Å². The molecule has 0 radical (unpaired) electrons. The third-order valence-corrected chi connectivity index (χ3v) is 9.82. The number of amides is 3. The number of aromatic nitrogens is 3. The first-order valence-electron chi connectivity index (χ1n) is 17.9. The summed E-state index contributed by atoms with van der Waals surface area (Å²) in [6, 6.07) is 10.4. The highest BCUT2D eigenvalue weighted by atomic mass is 16.6. The molecule has 3 fully saturated rings. The highest BCUT2D eigenvalue weighted by Gasteiger charge is 2.34. The summed E-state index contributed by atoms with van der Waals surface area (Å²) in [4.78, 5) is 57.8. The van der Waals surface area contributed by atoms with Crippen LogP contribution in [0.25, 0.3) is 11.0 Å². The smallest absolute Gasteiger partial charge is 0.410 e. The van der Waals surface area contributed by atoms with Crippen molar-refractivity contribution in [3.63, 3.8) is 0 Å². The number of piperidine rings is 1. The number of aromatic amines is 1. The summed E-state index contributed by atoms with van der Waals surface area (Å²) in [6.07, 6.45) is 7.96. The predicted octanol–water partition coefficient (Wildman–Crippen LogP) is 4.65. The average molecular weight is 685 g/mol. The number of rotatable bonds is 7. The summed E-state index contributed by atoms with van der Waals surface area (Å²) in [7, 11) is 0. The molecular weight excluding hydrogens is 636 g/mol. The zero-order chi connectivity index (χ0) is 35.3. The Labute approximate surface area is 292 Å². The van der Waals surface area contributed by atoms with Gasteiger partial charge in [0.15, 0.2) is 0 Å². The summed E-state index contributed by atoms with van der Waals surface area (Å²) in [6.45, 7) is 11.0. The molecule has 3 aromatic rings. The maximum absolute atomic E-state index is 13.6. The van der Waals surface area contributed by atoms with Gasteiger partial charge in [-0.25, -0.2) is 9.78 Å². The van der Waals surface area contributed by atoms with E-state index < -0.39 is 11.5 Å². The predicted molar refractivity (Wildman–Crippen MR) is 186 cm³/mol. The molecule has 13 nitrogen and oxygen atoms in total. The first-order valence-corrected chi connectivity index (χ1v) is 17.9. The summed E-state index contributed by atoms with van der Waals surface area (Å²) < 4.78 is 13.7. The molecule has 2 saturated heterocycles. The Balaban J connectivity index is 1.17. The van der Waals surface area contributed by atoms with E-state index >= 15 is 0 Å². The lowest BCUT2D eigenvalue weighted by molar-refractivity contribution is -0.138. The quantitative estimate of drug-likeness (QED) is 0.378. The second kappa shape index (κ2) is 15.5. The molecule has 0 unspecified atom stereocenters. The standard InChI is InChI=1S/C37H48N8O5/c1-37(2,3)50-36(48)44-19-17-43(18-20-44)34(47)28-11-13-29(14-12-28)45-31-23-32(49-22-21-42-15-5-4-6-16-42)39-25-30(31)40-35(45)41-33(46)27-9-7-26(24-38)8-10-27/h7-10,23,25,28-29H,4-6,11-22H2,1-3H3,(H,40,41,46)/t28-,29+. The molecule has 2 aromatic heterocycles. The number of benzene rings is 1. The summed E-state index contributed by atoms with van der Waals surface area (Å²) in [5.41, 5.74) is 2.28. The Morgan fingerprint density at radius 3 is 2.30 bits per heavy atom. The number of likely N-dealkylation sites (tertiary alicyclic amines) is 1. The van der Waals surface area contributed by atoms with Gasteiger partial charge in [0.25, 0.3) is 5.91 Å². The van der Waals surface area contributed by atoms with E-state index in [1.807, 2.05) is 31.7 Å². The average Bonchev–Trinajstić information content (AvgIpc) is 3.48. The van der Waals surface area contributed by atoms with Crippen LogP contribution in [0.1, 0.15) is 87.7 Å². The lowest BCUT2D eigenvalue weighted by Gasteiger charge is -2.38. The fourth-order valence-electron chi connectivity index (χ4n) is 7.13. The van der Waals surface area contributed by atoms with Crippen LogP contribution in [0.3, 0.4) is 0 Å². The number of hydrogen-bond acceptors (Lipinski definition) is 8. The van der Waals surface area contributed by atoms with Gasteiger partial charge in [-0.2, -0.15) is 10.3 Å². The Morgan fingerprint density at radius 2 is 1.64 bits per heavy atom. The van der Waals surface area contributed by atoms with Gasteiger partial charge in [0.2, 0.25) is 17.4 Å². The fourth-order valence-corrected chi connectivity index (χ4v) is 7.13. The lowest BCUT2D eigenvalue weighted by atomic mass is 9.84. The molecule has 0 spiro atoms. The van der Waals surface area contributed by atoms with Gasteiger partial charge < -0.3 is 28.8 Å². The number of ether oxygens (including phenoxy) is 2. The summed E-state index contributed by atoms with van der Waals surface area (Å²) >= 11 is 0. The second-order valence-corrected chi connectivity index (χ2v) is 14.5. The first kappa shape index (κ1) is 35.1. The van der Waals surface area contributed by atoms with Crippen molar-refractivity contribution in [3.05, 3.63) is 53.3 Å². The van der Waals surface area contributed by atoms with Crippen LogP contribution in [0, 0.1) is 17.2 Å². The normalized spacial score (nSPS) is 20.8. The van der Waals surface area contributed by atoms with E-state index in [2.05, 4.69) is 30.5 Å². The Kier molecular flexibility index (Phi) is 10.9. The highest BCUT2D eigenvalue weighted by molar-refractivity contribution is 5.95. The number of hydrogen-bond donors (Lipinski definition) is 1. The van der Waals surface area contributed by atoms with E-state index in [-0.39, 0.29) is 24.0 Å². The van der Waals surface area contributed by atoms with Gasteiger partial charge in [-0.15, -0.1) is 0 Å². The lowest BCUT2D eigenvalue weighted by Crippen LogP contribution is -2.53. The van der Waals surface area contributed by atoms with E-state index in [0.717, 1.165) is 43.5 Å². The SMILES string of the molecule is CC(C)(C)OC(=O)N1CCN(C(=O)[C@H]2CC[C@@H](n3/c(=N/C(=O)c4ccc(C#N)cc4)[nH]c4cnc(OCCN5CCCCC5)cc43)CC2)CC1. The molecule has 266 valence electrons. The third-order valence-electron chi connectivity index (χ3n) is 9.82. The minimum Gasteiger partial charge on any atom is -0.476 e. The van der Waals surface area contributed by atoms with Gasteiger partial charge in [0.1, 0.15) is 12.2 Å². The largest absolute Gasteiger partial charge is 0.476 e. The van der Waals surface area contributed by atoms with Crippen LogP contribution < -0.4 is 10.4 Å². The van der Waals surface area contributed by atoms with Crippen molar-refractivity contribution in [2.45, 2.75) is 77.4 Å². The van der Waals surface area contributed by atoms with Crippen LogP contribution >= 0.6 is 0 Å². The van der Waals surface area contributed by atoms with E-state index in [1.54, 1.807) is 35.4 Å². The topological polar surface area (TPSA) is 149 Å². The maximum Gasteiger partial charge on any atom is 0.410 e. The van der Waals surface area contributed by atoms with Crippen LogP contribution in [0.5, 0.6) is 5.88 Å². The third kappa shape index (κ3) is 8.53. The van der Waals surface area contributed by atoms with Gasteiger partial charge in [-0.3, -0.25) is 14.5 Å². The van der Waals surface area contributed by atoms with Gasteiger partial charge >= 0.3 is 6.09 Å². The van der Waals surface area contributed by atoms with Crippen molar-refractivity contribution in [3.8, 4) is 11.9 Å². The van der Waals surface area contributed by atoms with Crippen molar-refractivity contribution >= 4 is 28.9 Å². The number of nitrogens with zero attached hydrogens (tertiary/aromatic N) is 7. The van der Waals surface area contributed by atoms with Gasteiger partial charge in [-0.1, -0.05) is 6.42 Å². The van der Waals surface area contributed by atoms with Crippen molar-refractivity contribution < 1.29 is 23.9 Å². The molecule has 13 heteroatoms. The van der Waals surface area contributed by atoms with Crippen LogP contribution in [0.4, 0.5) is 4.79 Å². The fraction of sp³-hybridized carbons (Fsp3) is 0.568. The first-order chi connectivity index (χ1) is 24.1. The molecule has 1 aromatic carbocycles. The number of piperazine rings is 1. The van der Waals surface area contributed by atoms with Crippen molar-refractivity contribution in [2.24, 2.45) is 10.9 Å². The monoisotopic (exact) mass is 684 g/mol. The number of H-pyrrole nitrogens is 1. The van der Waals surface area contributed by atoms with E-state index in [9.17, 15) is 14.4 Å². The van der Waals surface area contributed by atoms with Crippen LogP contribution in [0.15, 0.2) is 41.5 Å². The summed E-state index contributed by atoms with van der Waals surface area (Å²) in [5, 5.41) is 9.17. The van der Waals surface area contributed by atoms with Crippen molar-refractivity contribution in [2.75, 3.05) is 52.4 Å². The molecule has 1 saturated carbocycles. The van der Waals surface area contributed by atoms with Crippen LogP contribution in [-0.4, -0.2) is 105 Å². The number of carbonyl (C=O) groups excluding carboxylic acids is 3. The number of nitriles is 1. The number of imidazole rings is 1. The number of fused-ring (bicyclic) bond motifs is 1. The zero-order valence-corrected chi connectivity index (χ0v) is 29.4. The Bertz CT molecular complexity index is 1780. The van der Waals surface area contributed by atoms with E-state index in [4.69, 9.17) is 14.7 Å². The highest BCUT2D eigenvalue weighted by Crippen LogP contribution is 2.35. The molecule has 6 rings (SSSR count). The molecule has 2 aliphatic heterocycles. The second-order valence-electron chi connectivity index (χ2n) is 14.5. The molecule has 1 N–H and O–H groups in total. The molecule has 3 amide bonds. The molecule has 0 bridgehead atoms. The van der Waals surface area contributed by atoms with Crippen LogP contribution in [0.2, 0.25) is 0 Å². The molecular formula is C37H48N8O5. The minimum absolute atomic E-state index is 0.00655. The van der Waals surface area contributed by atoms with E-state index in [0.29, 0.717) is 68.3 Å². The van der Waals surface area contributed by atoms with Gasteiger partial charge in [0.05, 0.1) is 28.9 Å². The van der Waals surface area contributed by atoms with Gasteiger partial charge in [-0.05, 0) is 96.7 Å². The molecule has 1 aliphatic carbocycles. The molecule has 0 atom stereocenters.